The molecule has 1 aromatic carbocycles. The highest BCUT2D eigenvalue weighted by Gasteiger charge is 2.19. The van der Waals surface area contributed by atoms with Gasteiger partial charge in [0.1, 0.15) is 24.2 Å². The van der Waals surface area contributed by atoms with Crippen LogP contribution in [0, 0.1) is 6.92 Å². The summed E-state index contributed by atoms with van der Waals surface area (Å²) in [4.78, 5) is 8.81. The van der Waals surface area contributed by atoms with Crippen molar-refractivity contribution >= 4 is 40.4 Å². The quantitative estimate of drug-likeness (QED) is 0.381. The van der Waals surface area contributed by atoms with Gasteiger partial charge in [0.15, 0.2) is 5.65 Å². The fourth-order valence-electron chi connectivity index (χ4n) is 2.78. The molecule has 11 heteroatoms. The van der Waals surface area contributed by atoms with Crippen LogP contribution in [0.4, 0.5) is 0 Å². The zero-order valence-electron chi connectivity index (χ0n) is 17.5. The highest BCUT2D eigenvalue weighted by Crippen LogP contribution is 2.36. The zero-order chi connectivity index (χ0) is 23.4. The summed E-state index contributed by atoms with van der Waals surface area (Å²) >= 11 is 18.8. The number of aliphatic hydroxyl groups is 2. The van der Waals surface area contributed by atoms with Crippen LogP contribution in [0.25, 0.3) is 28.6 Å². The Balaban J connectivity index is 0.00000141. The van der Waals surface area contributed by atoms with Crippen LogP contribution in [0.3, 0.4) is 0 Å². The smallest absolute Gasteiger partial charge is 0.278 e. The van der Waals surface area contributed by atoms with Crippen LogP contribution in [-0.2, 0) is 0 Å². The van der Waals surface area contributed by atoms with Crippen molar-refractivity contribution in [3.05, 3.63) is 51.2 Å². The average molecular weight is 500 g/mol. The van der Waals surface area contributed by atoms with Crippen molar-refractivity contribution in [2.75, 3.05) is 13.2 Å². The van der Waals surface area contributed by atoms with Gasteiger partial charge >= 0.3 is 0 Å². The minimum atomic E-state index is -1.03. The van der Waals surface area contributed by atoms with Crippen LogP contribution in [0.15, 0.2) is 35.1 Å². The van der Waals surface area contributed by atoms with Gasteiger partial charge in [0.05, 0.1) is 21.7 Å². The highest BCUT2D eigenvalue weighted by atomic mass is 35.5. The summed E-state index contributed by atoms with van der Waals surface area (Å²) in [6.45, 7) is 5.37. The number of ether oxygens (including phenoxy) is 1. The first-order valence-corrected chi connectivity index (χ1v) is 10.9. The predicted molar refractivity (Wildman–Crippen MR) is 124 cm³/mol. The average Bonchev–Trinajstić information content (AvgIpc) is 3.42. The van der Waals surface area contributed by atoms with Crippen LogP contribution in [0.2, 0.25) is 15.1 Å². The third-order valence-corrected chi connectivity index (χ3v) is 5.08. The second kappa shape index (κ2) is 10.5. The van der Waals surface area contributed by atoms with Crippen molar-refractivity contribution in [3.8, 4) is 28.7 Å². The van der Waals surface area contributed by atoms with E-state index >= 15 is 0 Å². The number of aromatic nitrogens is 4. The molecule has 1 unspecified atom stereocenters. The standard InChI is InChI=1S/C19H15Cl3N4O4.C2H6/c1-9-2-14(22)18-23-15(6-26(18)5-9)19-24-17(25-30-19)11-3-13(21)16(4-12(11)20)29-8-10(28)7-27;1-2/h2-6,10,27-28H,7-8H2,1H3;1-2H3. The third kappa shape index (κ3) is 5.16. The van der Waals surface area contributed by atoms with E-state index in [1.807, 2.05) is 33.0 Å². The Morgan fingerprint density at radius 3 is 2.53 bits per heavy atom. The fourth-order valence-corrected chi connectivity index (χ4v) is 3.55. The first-order chi connectivity index (χ1) is 15.4. The number of pyridine rings is 1. The molecule has 4 rings (SSSR count). The van der Waals surface area contributed by atoms with Gasteiger partial charge in [-0.2, -0.15) is 4.98 Å². The number of halogens is 3. The number of benzene rings is 1. The van der Waals surface area contributed by atoms with E-state index in [2.05, 4.69) is 15.1 Å². The van der Waals surface area contributed by atoms with Gasteiger partial charge in [-0.05, 0) is 24.6 Å². The molecule has 3 heterocycles. The van der Waals surface area contributed by atoms with Crippen molar-refractivity contribution in [2.24, 2.45) is 0 Å². The van der Waals surface area contributed by atoms with Crippen LogP contribution < -0.4 is 4.74 Å². The lowest BCUT2D eigenvalue weighted by Crippen LogP contribution is -2.21. The summed E-state index contributed by atoms with van der Waals surface area (Å²) < 4.78 is 12.5. The van der Waals surface area contributed by atoms with Crippen LogP contribution in [-0.4, -0.2) is 49.1 Å². The van der Waals surface area contributed by atoms with Crippen molar-refractivity contribution in [1.82, 2.24) is 19.5 Å². The summed E-state index contributed by atoms with van der Waals surface area (Å²) in [5.74, 6) is 0.672. The maximum absolute atomic E-state index is 9.41. The Kier molecular flexibility index (Phi) is 7.97. The molecule has 0 fully saturated rings. The minimum absolute atomic E-state index is 0.131. The summed E-state index contributed by atoms with van der Waals surface area (Å²) in [6.07, 6.45) is 2.60. The van der Waals surface area contributed by atoms with Crippen molar-refractivity contribution in [1.29, 1.82) is 0 Å². The van der Waals surface area contributed by atoms with Gasteiger partial charge in [0.2, 0.25) is 5.82 Å². The van der Waals surface area contributed by atoms with Gasteiger partial charge < -0.3 is 23.9 Å². The molecule has 0 bridgehead atoms. The predicted octanol–water partition coefficient (Wildman–Crippen LogP) is 5.08. The molecule has 8 nitrogen and oxygen atoms in total. The Bertz CT molecular complexity index is 1230. The van der Waals surface area contributed by atoms with Crippen molar-refractivity contribution < 1.29 is 19.5 Å². The van der Waals surface area contributed by atoms with Crippen LogP contribution in [0.5, 0.6) is 5.75 Å². The Morgan fingerprint density at radius 1 is 1.06 bits per heavy atom. The maximum Gasteiger partial charge on any atom is 0.278 e. The first-order valence-electron chi connectivity index (χ1n) is 9.75. The SMILES string of the molecule is CC.Cc1cc(Cl)c2nc(-c3nc(-c4cc(Cl)c(OCC(O)CO)cc4Cl)no3)cn2c1. The fraction of sp³-hybridized carbons (Fsp3) is 0.286. The number of nitrogens with zero attached hydrogens (tertiary/aromatic N) is 4. The highest BCUT2D eigenvalue weighted by molar-refractivity contribution is 6.36. The number of rotatable bonds is 6. The number of hydrogen-bond acceptors (Lipinski definition) is 7. The Hall–Kier alpha value is -2.36. The number of aliphatic hydroxyl groups excluding tert-OH is 2. The molecule has 0 saturated heterocycles. The van der Waals surface area contributed by atoms with E-state index in [0.29, 0.717) is 21.9 Å². The second-order valence-electron chi connectivity index (χ2n) is 6.56. The number of fused-ring (bicyclic) bond motifs is 1. The van der Waals surface area contributed by atoms with Crippen LogP contribution >= 0.6 is 34.8 Å². The molecule has 0 radical (unpaired) electrons. The van der Waals surface area contributed by atoms with Gasteiger partial charge in [-0.1, -0.05) is 53.8 Å². The van der Waals surface area contributed by atoms with Gasteiger partial charge in [-0.3, -0.25) is 0 Å². The van der Waals surface area contributed by atoms with Crippen LogP contribution in [0.1, 0.15) is 19.4 Å². The molecule has 32 heavy (non-hydrogen) atoms. The Morgan fingerprint density at radius 2 is 1.81 bits per heavy atom. The number of hydrogen-bond donors (Lipinski definition) is 2. The maximum atomic E-state index is 9.41. The first kappa shape index (κ1) is 24.3. The lowest BCUT2D eigenvalue weighted by molar-refractivity contribution is 0.0536. The van der Waals surface area contributed by atoms with E-state index < -0.39 is 12.7 Å². The molecule has 1 atom stereocenters. The van der Waals surface area contributed by atoms with Gasteiger partial charge in [0.25, 0.3) is 5.89 Å². The summed E-state index contributed by atoms with van der Waals surface area (Å²) in [5, 5.41) is 23.3. The summed E-state index contributed by atoms with van der Waals surface area (Å²) in [7, 11) is 0. The second-order valence-corrected chi connectivity index (χ2v) is 7.78. The molecule has 0 aliphatic heterocycles. The molecular formula is C21H21Cl3N4O4. The minimum Gasteiger partial charge on any atom is -0.489 e. The molecule has 4 aromatic rings. The monoisotopic (exact) mass is 498 g/mol. The van der Waals surface area contributed by atoms with E-state index in [9.17, 15) is 5.11 Å². The lowest BCUT2D eigenvalue weighted by Gasteiger charge is -2.12. The zero-order valence-corrected chi connectivity index (χ0v) is 19.8. The largest absolute Gasteiger partial charge is 0.489 e. The molecule has 170 valence electrons. The molecule has 0 saturated carbocycles. The molecular weight excluding hydrogens is 479 g/mol. The van der Waals surface area contributed by atoms with Crippen molar-refractivity contribution in [3.63, 3.8) is 0 Å². The lowest BCUT2D eigenvalue weighted by atomic mass is 10.2. The normalized spacial score (nSPS) is 11.9. The van der Waals surface area contributed by atoms with Crippen molar-refractivity contribution in [2.45, 2.75) is 26.9 Å². The molecule has 0 aliphatic carbocycles. The third-order valence-electron chi connectivity index (χ3n) is 4.19. The van der Waals surface area contributed by atoms with E-state index in [-0.39, 0.29) is 34.1 Å². The van der Waals surface area contributed by atoms with Gasteiger partial charge in [-0.25, -0.2) is 4.98 Å². The molecule has 2 N–H and O–H groups in total. The topological polar surface area (TPSA) is 106 Å². The molecule has 0 spiro atoms. The molecule has 0 aliphatic rings. The van der Waals surface area contributed by atoms with Gasteiger partial charge in [-0.15, -0.1) is 0 Å². The van der Waals surface area contributed by atoms with E-state index in [0.717, 1.165) is 5.56 Å². The van der Waals surface area contributed by atoms with Gasteiger partial charge in [0, 0.05) is 24.0 Å². The number of imidazole rings is 1. The Labute approximate surface area is 199 Å². The van der Waals surface area contributed by atoms with E-state index in [4.69, 9.17) is 49.2 Å². The van der Waals surface area contributed by atoms with E-state index in [1.54, 1.807) is 10.6 Å². The molecule has 3 aromatic heterocycles. The van der Waals surface area contributed by atoms with E-state index in [1.165, 1.54) is 12.1 Å². The summed E-state index contributed by atoms with van der Waals surface area (Å²) in [6, 6.07) is 4.83. The summed E-state index contributed by atoms with van der Waals surface area (Å²) in [5.41, 5.74) is 2.45. The number of aryl methyl sites for hydroxylation is 1. The molecule has 0 amide bonds.